The summed E-state index contributed by atoms with van der Waals surface area (Å²) in [6.45, 7) is 1.38. The van der Waals surface area contributed by atoms with Crippen LogP contribution in [0.1, 0.15) is 68.9 Å². The maximum absolute atomic E-state index is 11.7. The van der Waals surface area contributed by atoms with Gasteiger partial charge in [0.25, 0.3) is 0 Å². The number of carbonyl (C=O) groups is 1. The van der Waals surface area contributed by atoms with Crippen LogP contribution in [0.5, 0.6) is 5.75 Å². The second-order valence-electron chi connectivity index (χ2n) is 12.1. The number of carbonyl (C=O) groups excluding carboxylic acids is 1. The molecule has 1 heterocycles. The van der Waals surface area contributed by atoms with Gasteiger partial charge in [0, 0.05) is 43.6 Å². The van der Waals surface area contributed by atoms with E-state index in [1.54, 1.807) is 13.3 Å². The van der Waals surface area contributed by atoms with Gasteiger partial charge in [-0.2, -0.15) is 10.2 Å². The van der Waals surface area contributed by atoms with E-state index in [2.05, 4.69) is 27.0 Å². The second-order valence-corrected chi connectivity index (χ2v) is 12.1. The van der Waals surface area contributed by atoms with Crippen molar-refractivity contribution in [1.82, 2.24) is 15.3 Å². The van der Waals surface area contributed by atoms with Crippen LogP contribution in [0.15, 0.2) is 30.5 Å². The molecule has 8 heteroatoms. The molecule has 200 valence electrons. The predicted molar refractivity (Wildman–Crippen MR) is 146 cm³/mol. The third-order valence-electron chi connectivity index (χ3n) is 9.54. The Kier molecular flexibility index (Phi) is 6.96. The molecule has 0 radical (unpaired) electrons. The molecule has 8 nitrogen and oxygen atoms in total. The molecule has 5 saturated carbocycles. The molecule has 7 rings (SSSR count). The highest BCUT2D eigenvalue weighted by Crippen LogP contribution is 2.60. The lowest BCUT2D eigenvalue weighted by atomic mass is 9.47. The molecule has 1 aromatic heterocycles. The molecule has 5 aliphatic carbocycles. The largest absolute Gasteiger partial charge is 0.496 e. The lowest BCUT2D eigenvalue weighted by Gasteiger charge is -2.61. The van der Waals surface area contributed by atoms with Crippen LogP contribution in [0.2, 0.25) is 0 Å². The zero-order valence-corrected chi connectivity index (χ0v) is 22.2. The number of anilines is 2. The first kappa shape index (κ1) is 25.1. The number of methoxy groups -OCH3 is 1. The Hall–Kier alpha value is -3.18. The molecular weight excluding hydrogens is 476 g/mol. The van der Waals surface area contributed by atoms with Gasteiger partial charge in [-0.25, -0.2) is 4.98 Å². The van der Waals surface area contributed by atoms with E-state index >= 15 is 0 Å². The van der Waals surface area contributed by atoms with E-state index in [0.717, 1.165) is 49.5 Å². The van der Waals surface area contributed by atoms with E-state index in [0.29, 0.717) is 53.6 Å². The van der Waals surface area contributed by atoms with E-state index in [-0.39, 0.29) is 5.41 Å². The summed E-state index contributed by atoms with van der Waals surface area (Å²) in [6.07, 6.45) is 11.5. The van der Waals surface area contributed by atoms with Crippen molar-refractivity contribution >= 4 is 17.5 Å². The quantitative estimate of drug-likeness (QED) is 0.442. The number of ketones is 1. The Bertz CT molecular complexity index is 1200. The van der Waals surface area contributed by atoms with Crippen LogP contribution >= 0.6 is 0 Å². The Morgan fingerprint density at radius 3 is 2.61 bits per heavy atom. The van der Waals surface area contributed by atoms with E-state index in [9.17, 15) is 10.1 Å². The lowest BCUT2D eigenvalue weighted by Crippen LogP contribution is -2.61. The zero-order chi connectivity index (χ0) is 26.1. The first-order chi connectivity index (χ1) is 18.5. The molecule has 2 aromatic rings. The summed E-state index contributed by atoms with van der Waals surface area (Å²) in [5, 5.41) is 20.6. The number of para-hydroxylation sites is 1. The molecule has 5 fully saturated rings. The van der Waals surface area contributed by atoms with Crippen molar-refractivity contribution in [2.24, 2.45) is 23.2 Å². The van der Waals surface area contributed by atoms with Gasteiger partial charge in [0.15, 0.2) is 0 Å². The number of benzene rings is 1. The van der Waals surface area contributed by atoms with Gasteiger partial charge in [0.05, 0.1) is 13.3 Å². The van der Waals surface area contributed by atoms with E-state index in [1.165, 1.54) is 32.1 Å². The first-order valence-corrected chi connectivity index (χ1v) is 14.2. The summed E-state index contributed by atoms with van der Waals surface area (Å²) in [5.74, 6) is 4.58. The average molecular weight is 515 g/mol. The summed E-state index contributed by atoms with van der Waals surface area (Å²) in [7, 11) is 1.67. The van der Waals surface area contributed by atoms with Gasteiger partial charge in [0.1, 0.15) is 29.0 Å². The molecule has 38 heavy (non-hydrogen) atoms. The summed E-state index contributed by atoms with van der Waals surface area (Å²) >= 11 is 0. The minimum absolute atomic E-state index is 0.264. The topological polar surface area (TPSA) is 112 Å². The highest BCUT2D eigenvalue weighted by atomic mass is 16.5. The summed E-state index contributed by atoms with van der Waals surface area (Å²) in [6, 6.07) is 11.2. The molecule has 3 unspecified atom stereocenters. The fraction of sp³-hybridized carbons (Fsp3) is 0.600. The average Bonchev–Trinajstić information content (AvgIpc) is 2.93. The highest BCUT2D eigenvalue weighted by molar-refractivity contribution is 5.79. The number of ether oxygens (including phenoxy) is 1. The Morgan fingerprint density at radius 2 is 1.87 bits per heavy atom. The van der Waals surface area contributed by atoms with Crippen molar-refractivity contribution < 1.29 is 9.53 Å². The summed E-state index contributed by atoms with van der Waals surface area (Å²) in [5.41, 5.74) is 1.76. The Morgan fingerprint density at radius 1 is 1.11 bits per heavy atom. The van der Waals surface area contributed by atoms with Gasteiger partial charge in [-0.3, -0.25) is 4.79 Å². The van der Waals surface area contributed by atoms with Crippen LogP contribution in [0.25, 0.3) is 0 Å². The number of nitriles is 1. The maximum atomic E-state index is 11.7. The van der Waals surface area contributed by atoms with Crippen molar-refractivity contribution in [1.29, 1.82) is 5.26 Å². The molecule has 0 saturated heterocycles. The molecule has 0 amide bonds. The van der Waals surface area contributed by atoms with Gasteiger partial charge in [0.2, 0.25) is 5.95 Å². The molecule has 0 spiro atoms. The number of rotatable bonds is 9. The van der Waals surface area contributed by atoms with Crippen LogP contribution < -0.4 is 20.7 Å². The van der Waals surface area contributed by atoms with Gasteiger partial charge in [-0.05, 0) is 74.2 Å². The van der Waals surface area contributed by atoms with Crippen molar-refractivity contribution in [2.75, 3.05) is 24.3 Å². The fourth-order valence-electron chi connectivity index (χ4n) is 8.04. The van der Waals surface area contributed by atoms with Gasteiger partial charge >= 0.3 is 0 Å². The van der Waals surface area contributed by atoms with Gasteiger partial charge < -0.3 is 20.7 Å². The van der Waals surface area contributed by atoms with E-state index in [1.807, 2.05) is 24.3 Å². The molecule has 3 N–H and O–H groups in total. The van der Waals surface area contributed by atoms with Crippen molar-refractivity contribution in [3.05, 3.63) is 41.6 Å². The minimum atomic E-state index is 0.264. The molecule has 5 aliphatic rings. The molecular formula is C30H38N6O2. The van der Waals surface area contributed by atoms with Crippen LogP contribution in [0.4, 0.5) is 11.8 Å². The zero-order valence-electron chi connectivity index (χ0n) is 22.2. The third kappa shape index (κ3) is 5.09. The fourth-order valence-corrected chi connectivity index (χ4v) is 8.04. The number of aromatic nitrogens is 2. The molecule has 1 aromatic carbocycles. The van der Waals surface area contributed by atoms with Crippen LogP contribution in [-0.4, -0.2) is 41.5 Å². The van der Waals surface area contributed by atoms with Crippen molar-refractivity contribution in [3.63, 3.8) is 0 Å². The molecule has 4 bridgehead atoms. The number of Topliss-reactive ketones (excluding diaryl/α,β-unsaturated/α-hetero) is 1. The second kappa shape index (κ2) is 10.5. The Labute approximate surface area is 225 Å². The highest BCUT2D eigenvalue weighted by Gasteiger charge is 2.55. The monoisotopic (exact) mass is 514 g/mol. The van der Waals surface area contributed by atoms with Crippen molar-refractivity contribution in [2.45, 2.75) is 76.4 Å². The standard InChI is InChI=1S/C30H38N6O2/c1-38-26-5-3-2-4-20(26)16-32-29-33-17-23(15-31)28(36-29)34-18-30-12-19-10-21(13-30)27(22(11-19)14-30)35-24-6-8-25(37)9-7-24/h2-5,17,19,21-22,24,27,35H,6-14,16,18H2,1H3,(H2,32,33,34,36)/t19?,21-,22+,27?,30?. The number of hydrogen-bond donors (Lipinski definition) is 3. The normalized spacial score (nSPS) is 30.2. The minimum Gasteiger partial charge on any atom is -0.496 e. The van der Waals surface area contributed by atoms with E-state index < -0.39 is 0 Å². The van der Waals surface area contributed by atoms with Gasteiger partial charge in [-0.1, -0.05) is 18.2 Å². The number of nitrogens with one attached hydrogen (secondary N) is 3. The van der Waals surface area contributed by atoms with Gasteiger partial charge in [-0.15, -0.1) is 0 Å². The van der Waals surface area contributed by atoms with Crippen molar-refractivity contribution in [3.8, 4) is 11.8 Å². The smallest absolute Gasteiger partial charge is 0.224 e. The van der Waals surface area contributed by atoms with Crippen LogP contribution in [0.3, 0.4) is 0 Å². The molecule has 5 atom stereocenters. The summed E-state index contributed by atoms with van der Waals surface area (Å²) in [4.78, 5) is 20.8. The Balaban J connectivity index is 1.11. The van der Waals surface area contributed by atoms with Crippen LogP contribution in [-0.2, 0) is 11.3 Å². The number of nitrogens with zero attached hydrogens (tertiary/aromatic N) is 3. The lowest BCUT2D eigenvalue weighted by molar-refractivity contribution is -0.121. The number of hydrogen-bond acceptors (Lipinski definition) is 8. The molecule has 0 aliphatic heterocycles. The maximum Gasteiger partial charge on any atom is 0.224 e. The van der Waals surface area contributed by atoms with E-state index in [4.69, 9.17) is 9.72 Å². The SMILES string of the molecule is COc1ccccc1CNc1ncc(C#N)c(NCC23CC4C[C@H](C2)C(NC2CCC(=O)CC2)[C@@H](C4)C3)n1. The predicted octanol–water partition coefficient (Wildman–Crippen LogP) is 4.68. The first-order valence-electron chi connectivity index (χ1n) is 14.2. The third-order valence-corrected chi connectivity index (χ3v) is 9.54. The summed E-state index contributed by atoms with van der Waals surface area (Å²) < 4.78 is 5.45. The van der Waals surface area contributed by atoms with Crippen LogP contribution in [0, 0.1) is 34.5 Å².